The minimum Gasteiger partial charge on any atom is -0.270 e. The Balaban J connectivity index is 2.15. The first-order valence-electron chi connectivity index (χ1n) is 5.70. The standard InChI is InChI=1S/C10H15N3O4S/c1-2-12-9(3-4-11-12)10(14)13-5-7-18(15,16)8-6-17-13/h3-4H,2,5-8H2,1H3. The molecule has 1 amide bonds. The van der Waals surface area contributed by atoms with Crippen molar-refractivity contribution in [3.05, 3.63) is 18.0 Å². The second-order valence-electron chi connectivity index (χ2n) is 3.92. The number of aryl methyl sites for hydroxylation is 1. The van der Waals surface area contributed by atoms with E-state index in [4.69, 9.17) is 4.84 Å². The third kappa shape index (κ3) is 2.70. The van der Waals surface area contributed by atoms with Gasteiger partial charge in [0.25, 0.3) is 5.91 Å². The lowest BCUT2D eigenvalue weighted by Gasteiger charge is -2.18. The van der Waals surface area contributed by atoms with E-state index < -0.39 is 9.84 Å². The topological polar surface area (TPSA) is 81.5 Å². The first kappa shape index (κ1) is 13.0. The van der Waals surface area contributed by atoms with Crippen LogP contribution in [0, 0.1) is 0 Å². The molecular weight excluding hydrogens is 258 g/mol. The summed E-state index contributed by atoms with van der Waals surface area (Å²) in [6, 6.07) is 1.59. The second-order valence-corrected chi connectivity index (χ2v) is 6.23. The molecule has 1 aromatic heterocycles. The number of carbonyl (C=O) groups excluding carboxylic acids is 1. The Labute approximate surface area is 105 Å². The molecule has 1 aliphatic rings. The molecule has 0 unspecified atom stereocenters. The molecule has 0 spiro atoms. The molecule has 1 saturated heterocycles. The summed E-state index contributed by atoms with van der Waals surface area (Å²) in [4.78, 5) is 17.3. The lowest BCUT2D eigenvalue weighted by atomic mass is 10.4. The highest BCUT2D eigenvalue weighted by atomic mass is 32.2. The maximum atomic E-state index is 12.1. The minimum absolute atomic E-state index is 0.00827. The van der Waals surface area contributed by atoms with Crippen LogP contribution in [-0.2, 0) is 21.2 Å². The molecule has 100 valence electrons. The summed E-state index contributed by atoms with van der Waals surface area (Å²) in [6.07, 6.45) is 1.53. The predicted molar refractivity (Wildman–Crippen MR) is 63.5 cm³/mol. The lowest BCUT2D eigenvalue weighted by molar-refractivity contribution is -0.112. The summed E-state index contributed by atoms with van der Waals surface area (Å²) in [6.45, 7) is 2.50. The average Bonchev–Trinajstić information content (AvgIpc) is 2.73. The molecule has 7 nitrogen and oxygen atoms in total. The molecule has 0 N–H and O–H groups in total. The van der Waals surface area contributed by atoms with E-state index in [1.54, 1.807) is 10.7 Å². The number of sulfone groups is 1. The van der Waals surface area contributed by atoms with Gasteiger partial charge < -0.3 is 0 Å². The molecule has 2 rings (SSSR count). The van der Waals surface area contributed by atoms with Crippen molar-refractivity contribution >= 4 is 15.7 Å². The van der Waals surface area contributed by atoms with E-state index in [0.717, 1.165) is 5.06 Å². The average molecular weight is 273 g/mol. The number of nitrogens with zero attached hydrogens (tertiary/aromatic N) is 3. The molecule has 0 aliphatic carbocycles. The molecule has 1 fully saturated rings. The predicted octanol–water partition coefficient (Wildman–Crippen LogP) is -0.295. The summed E-state index contributed by atoms with van der Waals surface area (Å²) in [5, 5.41) is 5.10. The molecule has 0 aromatic carbocycles. The molecule has 1 aromatic rings. The molecule has 18 heavy (non-hydrogen) atoms. The van der Waals surface area contributed by atoms with Crippen molar-refractivity contribution in [3.63, 3.8) is 0 Å². The first-order chi connectivity index (χ1) is 8.53. The highest BCUT2D eigenvalue weighted by Crippen LogP contribution is 2.09. The maximum absolute atomic E-state index is 12.1. The molecule has 1 aliphatic heterocycles. The van der Waals surface area contributed by atoms with Gasteiger partial charge >= 0.3 is 0 Å². The quantitative estimate of drug-likeness (QED) is 0.739. The van der Waals surface area contributed by atoms with Gasteiger partial charge in [-0.05, 0) is 13.0 Å². The first-order valence-corrected chi connectivity index (χ1v) is 7.52. The largest absolute Gasteiger partial charge is 0.295 e. The summed E-state index contributed by atoms with van der Waals surface area (Å²) in [5.41, 5.74) is 0.400. The second kappa shape index (κ2) is 5.07. The molecule has 0 radical (unpaired) electrons. The van der Waals surface area contributed by atoms with E-state index >= 15 is 0 Å². The van der Waals surface area contributed by atoms with Gasteiger partial charge in [-0.1, -0.05) is 0 Å². The van der Waals surface area contributed by atoms with Gasteiger partial charge in [-0.2, -0.15) is 5.10 Å². The number of aromatic nitrogens is 2. The molecule has 8 heteroatoms. The van der Waals surface area contributed by atoms with Crippen molar-refractivity contribution in [1.82, 2.24) is 14.8 Å². The Hall–Kier alpha value is -1.41. The van der Waals surface area contributed by atoms with Crippen molar-refractivity contribution in [3.8, 4) is 0 Å². The van der Waals surface area contributed by atoms with Crippen LogP contribution in [-0.4, -0.2) is 53.8 Å². The van der Waals surface area contributed by atoms with Crippen molar-refractivity contribution < 1.29 is 18.0 Å². The van der Waals surface area contributed by atoms with Gasteiger partial charge in [0.05, 0.1) is 24.7 Å². The number of rotatable bonds is 2. The number of amides is 1. The van der Waals surface area contributed by atoms with Crippen molar-refractivity contribution in [1.29, 1.82) is 0 Å². The number of carbonyl (C=O) groups is 1. The third-order valence-corrected chi connectivity index (χ3v) is 4.30. The fourth-order valence-electron chi connectivity index (χ4n) is 1.72. The van der Waals surface area contributed by atoms with Gasteiger partial charge in [0.1, 0.15) is 5.69 Å². The van der Waals surface area contributed by atoms with Crippen LogP contribution in [0.25, 0.3) is 0 Å². The maximum Gasteiger partial charge on any atom is 0.295 e. The normalized spacial score (nSPS) is 19.5. The highest BCUT2D eigenvalue weighted by molar-refractivity contribution is 7.91. The van der Waals surface area contributed by atoms with Crippen LogP contribution in [0.5, 0.6) is 0 Å². The molecule has 0 bridgehead atoms. The SMILES string of the molecule is CCn1nccc1C(=O)N1CCS(=O)(=O)CCO1. The van der Waals surface area contributed by atoms with Crippen molar-refractivity contribution in [2.24, 2.45) is 0 Å². The lowest BCUT2D eigenvalue weighted by Crippen LogP contribution is -2.34. The van der Waals surface area contributed by atoms with E-state index in [9.17, 15) is 13.2 Å². The number of hydroxylamine groups is 2. The Morgan fingerprint density at radius 2 is 2.28 bits per heavy atom. The van der Waals surface area contributed by atoms with Crippen LogP contribution in [0.4, 0.5) is 0 Å². The van der Waals surface area contributed by atoms with Gasteiger partial charge in [-0.15, -0.1) is 0 Å². The summed E-state index contributed by atoms with van der Waals surface area (Å²) < 4.78 is 24.4. The zero-order valence-corrected chi connectivity index (χ0v) is 10.9. The molecule has 0 atom stereocenters. The zero-order chi connectivity index (χ0) is 13.2. The van der Waals surface area contributed by atoms with Gasteiger partial charge in [0.15, 0.2) is 9.84 Å². The fourth-order valence-corrected chi connectivity index (χ4v) is 2.69. The Bertz CT molecular complexity index is 537. The number of hydrogen-bond acceptors (Lipinski definition) is 5. The van der Waals surface area contributed by atoms with Crippen LogP contribution < -0.4 is 0 Å². The highest BCUT2D eigenvalue weighted by Gasteiger charge is 2.26. The van der Waals surface area contributed by atoms with Crippen LogP contribution >= 0.6 is 0 Å². The number of hydrogen-bond donors (Lipinski definition) is 0. The van der Waals surface area contributed by atoms with E-state index in [0.29, 0.717) is 12.2 Å². The van der Waals surface area contributed by atoms with Gasteiger partial charge in [0, 0.05) is 12.7 Å². The van der Waals surface area contributed by atoms with Gasteiger partial charge in [-0.3, -0.25) is 14.3 Å². The summed E-state index contributed by atoms with van der Waals surface area (Å²) in [5.74, 6) is -0.477. The van der Waals surface area contributed by atoms with Crippen molar-refractivity contribution in [2.45, 2.75) is 13.5 Å². The summed E-state index contributed by atoms with van der Waals surface area (Å²) >= 11 is 0. The smallest absolute Gasteiger partial charge is 0.270 e. The van der Waals surface area contributed by atoms with E-state index in [1.165, 1.54) is 6.20 Å². The van der Waals surface area contributed by atoms with E-state index in [2.05, 4.69) is 5.10 Å². The third-order valence-electron chi connectivity index (χ3n) is 2.71. The summed E-state index contributed by atoms with van der Waals surface area (Å²) in [7, 11) is -3.11. The van der Waals surface area contributed by atoms with Crippen LogP contribution in [0.15, 0.2) is 12.3 Å². The zero-order valence-electron chi connectivity index (χ0n) is 10.1. The van der Waals surface area contributed by atoms with Crippen molar-refractivity contribution in [2.75, 3.05) is 24.7 Å². The minimum atomic E-state index is -3.11. The molecule has 2 heterocycles. The van der Waals surface area contributed by atoms with E-state index in [1.807, 2.05) is 6.92 Å². The van der Waals surface area contributed by atoms with Gasteiger partial charge in [-0.25, -0.2) is 13.5 Å². The monoisotopic (exact) mass is 273 g/mol. The Morgan fingerprint density at radius 1 is 1.50 bits per heavy atom. The van der Waals surface area contributed by atoms with Crippen LogP contribution in [0.2, 0.25) is 0 Å². The van der Waals surface area contributed by atoms with Crippen LogP contribution in [0.3, 0.4) is 0 Å². The molecular formula is C10H15N3O4S. The van der Waals surface area contributed by atoms with Crippen LogP contribution in [0.1, 0.15) is 17.4 Å². The Kier molecular flexibility index (Phi) is 3.67. The van der Waals surface area contributed by atoms with Gasteiger partial charge in [0.2, 0.25) is 0 Å². The Morgan fingerprint density at radius 3 is 3.00 bits per heavy atom. The fraction of sp³-hybridized carbons (Fsp3) is 0.600. The van der Waals surface area contributed by atoms with E-state index in [-0.39, 0.29) is 30.6 Å². The molecule has 0 saturated carbocycles.